The van der Waals surface area contributed by atoms with Crippen molar-refractivity contribution in [1.82, 2.24) is 4.98 Å². The molecule has 0 unspecified atom stereocenters. The van der Waals surface area contributed by atoms with E-state index in [-0.39, 0.29) is 0 Å². The Morgan fingerprint density at radius 2 is 0.953 bits per heavy atom. The second kappa shape index (κ2) is 8.27. The highest BCUT2D eigenvalue weighted by Gasteiger charge is 2.53. The predicted molar refractivity (Wildman–Crippen MR) is 178 cm³/mol. The highest BCUT2D eigenvalue weighted by atomic mass is 14.7. The number of pyridine rings is 1. The number of para-hydroxylation sites is 1. The van der Waals surface area contributed by atoms with Crippen LogP contribution in [0.5, 0.6) is 0 Å². The topological polar surface area (TPSA) is 12.9 Å². The Bertz CT molecular complexity index is 2420. The number of nitrogens with zero attached hydrogens (tertiary/aromatic N) is 1. The molecule has 0 saturated heterocycles. The molecule has 1 heteroatoms. The lowest BCUT2D eigenvalue weighted by Crippen LogP contribution is -2.26. The molecular weight excluding hydrogens is 518 g/mol. The maximum atomic E-state index is 5.47. The van der Waals surface area contributed by atoms with Gasteiger partial charge in [0.05, 0.1) is 16.6 Å². The Hall–Kier alpha value is -5.53. The summed E-state index contributed by atoms with van der Waals surface area (Å²) in [6.07, 6.45) is 0. The molecule has 0 bridgehead atoms. The lowest BCUT2D eigenvalue weighted by molar-refractivity contribution is 0.801. The van der Waals surface area contributed by atoms with Crippen LogP contribution in [0.4, 0.5) is 0 Å². The van der Waals surface area contributed by atoms with Crippen LogP contribution in [0.2, 0.25) is 0 Å². The van der Waals surface area contributed by atoms with Gasteiger partial charge in [0.1, 0.15) is 0 Å². The van der Waals surface area contributed by atoms with E-state index in [1.165, 1.54) is 71.4 Å². The summed E-state index contributed by atoms with van der Waals surface area (Å²) in [5.41, 5.74) is 13.4. The van der Waals surface area contributed by atoms with Crippen LogP contribution in [0.15, 0.2) is 152 Å². The molecule has 1 aromatic heterocycles. The number of benzene rings is 7. The minimum atomic E-state index is -0.417. The SMILES string of the molecule is c1ccc2c(c1)-c1ccccc1C21c2ccccc2-c2c(-c3ccc4ccc5ccccc5c4c3)nc3ccccc3c21. The summed E-state index contributed by atoms with van der Waals surface area (Å²) in [5.74, 6) is 0. The van der Waals surface area contributed by atoms with Gasteiger partial charge in [0.2, 0.25) is 0 Å². The van der Waals surface area contributed by atoms with Gasteiger partial charge in [0.15, 0.2) is 0 Å². The fourth-order valence-electron chi connectivity index (χ4n) is 8.18. The van der Waals surface area contributed by atoms with E-state index in [1.54, 1.807) is 0 Å². The molecule has 1 heterocycles. The van der Waals surface area contributed by atoms with Gasteiger partial charge < -0.3 is 0 Å². The molecule has 7 aromatic carbocycles. The molecule has 0 atom stereocenters. The van der Waals surface area contributed by atoms with Crippen LogP contribution in [0.1, 0.15) is 22.3 Å². The summed E-state index contributed by atoms with van der Waals surface area (Å²) < 4.78 is 0. The van der Waals surface area contributed by atoms with Crippen LogP contribution in [0, 0.1) is 0 Å². The molecule has 0 saturated carbocycles. The Morgan fingerprint density at radius 3 is 1.70 bits per heavy atom. The quantitative estimate of drug-likeness (QED) is 0.188. The van der Waals surface area contributed by atoms with Gasteiger partial charge in [-0.2, -0.15) is 0 Å². The van der Waals surface area contributed by atoms with Crippen molar-refractivity contribution < 1.29 is 0 Å². The Labute approximate surface area is 249 Å². The molecule has 0 radical (unpaired) electrons. The maximum Gasteiger partial charge on any atom is 0.0791 e. The van der Waals surface area contributed by atoms with Crippen molar-refractivity contribution in [3.63, 3.8) is 0 Å². The maximum absolute atomic E-state index is 5.47. The molecule has 0 aliphatic heterocycles. The Morgan fingerprint density at radius 1 is 0.419 bits per heavy atom. The Balaban J connectivity index is 1.40. The van der Waals surface area contributed by atoms with Crippen molar-refractivity contribution in [3.05, 3.63) is 174 Å². The summed E-state index contributed by atoms with van der Waals surface area (Å²) in [6, 6.07) is 55.8. The molecule has 10 rings (SSSR count). The zero-order valence-corrected chi connectivity index (χ0v) is 23.4. The lowest BCUT2D eigenvalue weighted by atomic mass is 9.69. The van der Waals surface area contributed by atoms with Crippen LogP contribution in [-0.2, 0) is 5.41 Å². The first kappa shape index (κ1) is 23.1. The van der Waals surface area contributed by atoms with Crippen molar-refractivity contribution in [2.45, 2.75) is 5.41 Å². The third kappa shape index (κ3) is 2.84. The third-order valence-electron chi connectivity index (χ3n) is 9.84. The van der Waals surface area contributed by atoms with Gasteiger partial charge in [-0.15, -0.1) is 0 Å². The highest BCUT2D eigenvalue weighted by Crippen LogP contribution is 2.65. The Kier molecular flexibility index (Phi) is 4.44. The van der Waals surface area contributed by atoms with Crippen molar-refractivity contribution in [1.29, 1.82) is 0 Å². The smallest absolute Gasteiger partial charge is 0.0791 e. The largest absolute Gasteiger partial charge is 0.247 e. The third-order valence-corrected chi connectivity index (χ3v) is 9.84. The van der Waals surface area contributed by atoms with Gasteiger partial charge in [-0.1, -0.05) is 140 Å². The number of rotatable bonds is 1. The van der Waals surface area contributed by atoms with Crippen molar-refractivity contribution >= 4 is 32.4 Å². The van der Waals surface area contributed by atoms with Crippen LogP contribution < -0.4 is 0 Å². The molecule has 43 heavy (non-hydrogen) atoms. The van der Waals surface area contributed by atoms with Gasteiger partial charge in [-0.05, 0) is 72.6 Å². The van der Waals surface area contributed by atoms with Gasteiger partial charge >= 0.3 is 0 Å². The van der Waals surface area contributed by atoms with Crippen molar-refractivity contribution in [2.75, 3.05) is 0 Å². The normalized spacial score (nSPS) is 13.8. The fraction of sp³-hybridized carbons (Fsp3) is 0.0238. The summed E-state index contributed by atoms with van der Waals surface area (Å²) in [4.78, 5) is 5.47. The van der Waals surface area contributed by atoms with Crippen molar-refractivity contribution in [2.24, 2.45) is 0 Å². The van der Waals surface area contributed by atoms with Gasteiger partial charge in [-0.25, -0.2) is 4.98 Å². The molecular formula is C42H25N. The average molecular weight is 544 g/mol. The molecule has 0 N–H and O–H groups in total. The number of fused-ring (bicyclic) bond motifs is 15. The first-order chi connectivity index (χ1) is 21.3. The van der Waals surface area contributed by atoms with Crippen LogP contribution in [0.3, 0.4) is 0 Å². The van der Waals surface area contributed by atoms with Crippen LogP contribution >= 0.6 is 0 Å². The van der Waals surface area contributed by atoms with E-state index in [0.717, 1.165) is 16.8 Å². The van der Waals surface area contributed by atoms with E-state index in [0.29, 0.717) is 0 Å². The lowest BCUT2D eigenvalue weighted by Gasteiger charge is -2.31. The van der Waals surface area contributed by atoms with Crippen LogP contribution in [-0.4, -0.2) is 4.98 Å². The molecule has 2 aliphatic carbocycles. The van der Waals surface area contributed by atoms with Gasteiger partial charge in [-0.3, -0.25) is 0 Å². The van der Waals surface area contributed by atoms with Gasteiger partial charge in [0.25, 0.3) is 0 Å². The molecule has 1 spiro atoms. The molecule has 8 aromatic rings. The predicted octanol–water partition coefficient (Wildman–Crippen LogP) is 10.6. The average Bonchev–Trinajstić information content (AvgIpc) is 3.56. The van der Waals surface area contributed by atoms with Crippen LogP contribution in [0.25, 0.3) is 66.0 Å². The second-order valence-electron chi connectivity index (χ2n) is 11.8. The monoisotopic (exact) mass is 543 g/mol. The zero-order valence-electron chi connectivity index (χ0n) is 23.4. The van der Waals surface area contributed by atoms with E-state index in [4.69, 9.17) is 4.98 Å². The molecule has 1 nitrogen and oxygen atoms in total. The zero-order chi connectivity index (χ0) is 28.1. The first-order valence-corrected chi connectivity index (χ1v) is 15.0. The summed E-state index contributed by atoms with van der Waals surface area (Å²) >= 11 is 0. The van der Waals surface area contributed by atoms with E-state index in [1.807, 2.05) is 0 Å². The fourth-order valence-corrected chi connectivity index (χ4v) is 8.18. The van der Waals surface area contributed by atoms with E-state index >= 15 is 0 Å². The summed E-state index contributed by atoms with van der Waals surface area (Å²) in [5, 5.41) is 6.25. The molecule has 198 valence electrons. The summed E-state index contributed by atoms with van der Waals surface area (Å²) in [7, 11) is 0. The van der Waals surface area contributed by atoms with E-state index < -0.39 is 5.41 Å². The van der Waals surface area contributed by atoms with E-state index in [9.17, 15) is 0 Å². The summed E-state index contributed by atoms with van der Waals surface area (Å²) in [6.45, 7) is 0. The van der Waals surface area contributed by atoms with E-state index in [2.05, 4.69) is 152 Å². The molecule has 2 aliphatic rings. The first-order valence-electron chi connectivity index (χ1n) is 15.0. The molecule has 0 amide bonds. The number of hydrogen-bond acceptors (Lipinski definition) is 1. The van der Waals surface area contributed by atoms with Crippen molar-refractivity contribution in [3.8, 4) is 33.5 Å². The number of aromatic nitrogens is 1. The second-order valence-corrected chi connectivity index (χ2v) is 11.8. The number of hydrogen-bond donors (Lipinski definition) is 0. The minimum absolute atomic E-state index is 0.417. The molecule has 0 fully saturated rings. The van der Waals surface area contributed by atoms with Gasteiger partial charge in [0, 0.05) is 16.5 Å². The standard InChI is InChI=1S/C42H25N/c1-2-12-29-26(11-1)21-22-27-23-24-28(25-34(27)29)41-39-32-15-5-9-19-37(32)42(40(39)33-16-6-10-20-38(33)43-41)35-17-7-3-13-30(35)31-14-4-8-18-36(31)42/h1-25H. The highest BCUT2D eigenvalue weighted by molar-refractivity contribution is 6.11. The minimum Gasteiger partial charge on any atom is -0.247 e.